The van der Waals surface area contributed by atoms with Crippen LogP contribution in [0.15, 0.2) is 72.9 Å². The summed E-state index contributed by atoms with van der Waals surface area (Å²) in [6.45, 7) is 0.763. The topological polar surface area (TPSA) is 30.7 Å². The molecule has 0 amide bonds. The van der Waals surface area contributed by atoms with Gasteiger partial charge in [-0.2, -0.15) is 0 Å². The number of hydrogen-bond donors (Lipinski definition) is 0. The van der Waals surface area contributed by atoms with Gasteiger partial charge in [-0.25, -0.2) is 4.98 Å². The molecule has 0 atom stereocenters. The molecule has 0 aliphatic carbocycles. The summed E-state index contributed by atoms with van der Waals surface area (Å²) in [4.78, 5) is 8.93. The molecule has 0 N–H and O–H groups in total. The van der Waals surface area contributed by atoms with E-state index in [4.69, 9.17) is 11.6 Å². The summed E-state index contributed by atoms with van der Waals surface area (Å²) >= 11 is 6.05. The van der Waals surface area contributed by atoms with Gasteiger partial charge in [-0.05, 0) is 35.9 Å². The van der Waals surface area contributed by atoms with Crippen molar-refractivity contribution in [3.63, 3.8) is 0 Å². The number of rotatable bonds is 3. The van der Waals surface area contributed by atoms with Crippen LogP contribution < -0.4 is 0 Å². The zero-order chi connectivity index (χ0) is 15.6. The van der Waals surface area contributed by atoms with E-state index in [0.29, 0.717) is 5.15 Å². The van der Waals surface area contributed by atoms with E-state index < -0.39 is 0 Å². The molecule has 0 spiro atoms. The molecule has 4 rings (SSSR count). The average molecular weight is 320 g/mol. The van der Waals surface area contributed by atoms with Crippen molar-refractivity contribution in [2.75, 3.05) is 0 Å². The summed E-state index contributed by atoms with van der Waals surface area (Å²) in [7, 11) is 0. The van der Waals surface area contributed by atoms with Gasteiger partial charge in [0.25, 0.3) is 0 Å². The van der Waals surface area contributed by atoms with E-state index in [9.17, 15) is 0 Å². The lowest BCUT2D eigenvalue weighted by molar-refractivity contribution is 0.841. The molecule has 0 saturated heterocycles. The van der Waals surface area contributed by atoms with Gasteiger partial charge in [0.1, 0.15) is 5.15 Å². The smallest absolute Gasteiger partial charge is 0.129 e. The van der Waals surface area contributed by atoms with Gasteiger partial charge in [-0.15, -0.1) is 0 Å². The van der Waals surface area contributed by atoms with Crippen LogP contribution in [0.25, 0.3) is 22.4 Å². The first kappa shape index (κ1) is 14.0. The number of nitrogens with zero attached hydrogens (tertiary/aromatic N) is 3. The first-order valence-electron chi connectivity index (χ1n) is 7.42. The second-order valence-electron chi connectivity index (χ2n) is 5.35. The Morgan fingerprint density at radius 2 is 1.74 bits per heavy atom. The van der Waals surface area contributed by atoms with Crippen LogP contribution in [-0.2, 0) is 6.54 Å². The Morgan fingerprint density at radius 1 is 0.913 bits per heavy atom. The highest BCUT2D eigenvalue weighted by atomic mass is 35.5. The van der Waals surface area contributed by atoms with E-state index in [1.807, 2.05) is 42.5 Å². The number of benzene rings is 1. The Balaban J connectivity index is 1.92. The molecule has 0 aliphatic heterocycles. The third-order valence-electron chi connectivity index (χ3n) is 3.83. The van der Waals surface area contributed by atoms with E-state index in [1.165, 1.54) is 5.56 Å². The fourth-order valence-electron chi connectivity index (χ4n) is 2.78. The number of fused-ring (bicyclic) bond motifs is 1. The second-order valence-corrected chi connectivity index (χ2v) is 5.74. The molecule has 0 unspecified atom stereocenters. The van der Waals surface area contributed by atoms with Crippen LogP contribution in [0.1, 0.15) is 5.56 Å². The summed E-state index contributed by atoms with van der Waals surface area (Å²) in [6.07, 6.45) is 1.81. The second kappa shape index (κ2) is 5.86. The Labute approximate surface area is 139 Å². The number of halogens is 1. The van der Waals surface area contributed by atoms with Crippen LogP contribution in [0.5, 0.6) is 0 Å². The van der Waals surface area contributed by atoms with E-state index >= 15 is 0 Å². The summed E-state index contributed by atoms with van der Waals surface area (Å²) < 4.78 is 2.23. The fourth-order valence-corrected chi connectivity index (χ4v) is 2.93. The molecule has 0 fully saturated rings. The van der Waals surface area contributed by atoms with Gasteiger partial charge in [0.05, 0.1) is 22.4 Å². The van der Waals surface area contributed by atoms with Crippen LogP contribution in [-0.4, -0.2) is 14.5 Å². The maximum atomic E-state index is 6.05. The molecule has 0 radical (unpaired) electrons. The van der Waals surface area contributed by atoms with Crippen molar-refractivity contribution < 1.29 is 0 Å². The van der Waals surface area contributed by atoms with Crippen molar-refractivity contribution in [2.45, 2.75) is 6.54 Å². The fraction of sp³-hybridized carbons (Fsp3) is 0.0526. The molecule has 4 aromatic rings. The normalized spacial score (nSPS) is 11.0. The zero-order valence-corrected chi connectivity index (χ0v) is 13.1. The highest BCUT2D eigenvalue weighted by Crippen LogP contribution is 2.28. The Bertz CT molecular complexity index is 946. The maximum Gasteiger partial charge on any atom is 0.129 e. The highest BCUT2D eigenvalue weighted by Gasteiger charge is 2.13. The van der Waals surface area contributed by atoms with Crippen LogP contribution in [0.3, 0.4) is 0 Å². The Morgan fingerprint density at radius 3 is 2.52 bits per heavy atom. The molecule has 0 saturated carbocycles. The van der Waals surface area contributed by atoms with E-state index in [1.54, 1.807) is 6.20 Å². The van der Waals surface area contributed by atoms with Crippen LogP contribution in [0, 0.1) is 0 Å². The van der Waals surface area contributed by atoms with Crippen molar-refractivity contribution >= 4 is 22.6 Å². The van der Waals surface area contributed by atoms with Gasteiger partial charge in [0, 0.05) is 12.7 Å². The van der Waals surface area contributed by atoms with E-state index in [2.05, 4.69) is 38.8 Å². The van der Waals surface area contributed by atoms with Crippen LogP contribution in [0.2, 0.25) is 5.15 Å². The highest BCUT2D eigenvalue weighted by molar-refractivity contribution is 6.29. The van der Waals surface area contributed by atoms with Crippen molar-refractivity contribution in [3.05, 3.63) is 83.6 Å². The van der Waals surface area contributed by atoms with Gasteiger partial charge < -0.3 is 4.57 Å². The third-order valence-corrected chi connectivity index (χ3v) is 4.04. The molecule has 4 heteroatoms. The molecule has 0 aliphatic rings. The largest absolute Gasteiger partial charge is 0.333 e. The maximum absolute atomic E-state index is 6.05. The lowest BCUT2D eigenvalue weighted by Gasteiger charge is -2.10. The molecule has 3 nitrogen and oxygen atoms in total. The van der Waals surface area contributed by atoms with Crippen molar-refractivity contribution in [3.8, 4) is 11.4 Å². The minimum absolute atomic E-state index is 0.502. The van der Waals surface area contributed by atoms with Crippen molar-refractivity contribution in [1.82, 2.24) is 14.5 Å². The van der Waals surface area contributed by atoms with Gasteiger partial charge in [-0.3, -0.25) is 4.98 Å². The summed E-state index contributed by atoms with van der Waals surface area (Å²) in [6, 6.07) is 22.2. The molecule has 1 aromatic carbocycles. The number of aromatic nitrogens is 3. The lowest BCUT2D eigenvalue weighted by atomic mass is 10.2. The minimum Gasteiger partial charge on any atom is -0.333 e. The van der Waals surface area contributed by atoms with Crippen LogP contribution >= 0.6 is 11.6 Å². The summed E-state index contributed by atoms with van der Waals surface area (Å²) in [5.41, 5.74) is 5.14. The van der Waals surface area contributed by atoms with Gasteiger partial charge in [-0.1, -0.05) is 48.0 Å². The zero-order valence-electron chi connectivity index (χ0n) is 12.4. The number of hydrogen-bond acceptors (Lipinski definition) is 2. The first-order valence-corrected chi connectivity index (χ1v) is 7.80. The summed E-state index contributed by atoms with van der Waals surface area (Å²) in [5, 5.41) is 0.502. The predicted molar refractivity (Wildman–Crippen MR) is 93.5 cm³/mol. The molecular weight excluding hydrogens is 306 g/mol. The molecule has 3 heterocycles. The average Bonchev–Trinajstić information content (AvgIpc) is 2.94. The molecule has 112 valence electrons. The third kappa shape index (κ3) is 2.71. The van der Waals surface area contributed by atoms with E-state index in [0.717, 1.165) is 29.0 Å². The van der Waals surface area contributed by atoms with E-state index in [-0.39, 0.29) is 0 Å². The van der Waals surface area contributed by atoms with Crippen LogP contribution in [0.4, 0.5) is 0 Å². The van der Waals surface area contributed by atoms with Crippen molar-refractivity contribution in [1.29, 1.82) is 0 Å². The monoisotopic (exact) mass is 319 g/mol. The molecular formula is C19H14ClN3. The molecule has 0 bridgehead atoms. The Hall–Kier alpha value is -2.65. The molecule has 3 aromatic heterocycles. The minimum atomic E-state index is 0.502. The SMILES string of the molecule is Clc1ccc2c(cc(-c3ccccn3)n2Cc2ccccc2)n1. The lowest BCUT2D eigenvalue weighted by Crippen LogP contribution is -2.02. The quantitative estimate of drug-likeness (QED) is 0.508. The standard InChI is InChI=1S/C19H14ClN3/c20-19-10-9-17-16(22-19)12-18(15-8-4-5-11-21-15)23(17)13-14-6-2-1-3-7-14/h1-12H,13H2. The first-order chi connectivity index (χ1) is 11.3. The molecule has 23 heavy (non-hydrogen) atoms. The van der Waals surface area contributed by atoms with Gasteiger partial charge >= 0.3 is 0 Å². The van der Waals surface area contributed by atoms with Crippen molar-refractivity contribution in [2.24, 2.45) is 0 Å². The Kier molecular flexibility index (Phi) is 3.56. The van der Waals surface area contributed by atoms with Gasteiger partial charge in [0.2, 0.25) is 0 Å². The predicted octanol–water partition coefficient (Wildman–Crippen LogP) is 4.80. The van der Waals surface area contributed by atoms with Gasteiger partial charge in [0.15, 0.2) is 0 Å². The summed E-state index contributed by atoms with van der Waals surface area (Å²) in [5.74, 6) is 0. The number of pyridine rings is 2.